The summed E-state index contributed by atoms with van der Waals surface area (Å²) in [6.07, 6.45) is 1.55. The van der Waals surface area contributed by atoms with Gasteiger partial charge in [0.2, 0.25) is 0 Å². The Morgan fingerprint density at radius 2 is 2.27 bits per heavy atom. The van der Waals surface area contributed by atoms with Crippen LogP contribution in [0, 0.1) is 0 Å². The fourth-order valence-electron chi connectivity index (χ4n) is 1.23. The Hall–Kier alpha value is -1.68. The molecule has 5 heteroatoms. The van der Waals surface area contributed by atoms with Gasteiger partial charge in [0.05, 0.1) is 18.3 Å². The molecular weight excluding hydrogens is 216 g/mol. The molecule has 4 nitrogen and oxygen atoms in total. The van der Waals surface area contributed by atoms with Gasteiger partial charge in [-0.05, 0) is 18.2 Å². The number of oxazole rings is 1. The van der Waals surface area contributed by atoms with Gasteiger partial charge >= 0.3 is 0 Å². The summed E-state index contributed by atoms with van der Waals surface area (Å²) in [7, 11) is 1.56. The van der Waals surface area contributed by atoms with Crippen molar-refractivity contribution in [1.82, 2.24) is 4.98 Å². The Morgan fingerprint density at radius 1 is 1.47 bits per heavy atom. The second kappa shape index (κ2) is 3.82. The highest BCUT2D eigenvalue weighted by molar-refractivity contribution is 6.32. The van der Waals surface area contributed by atoms with Crippen molar-refractivity contribution in [2.75, 3.05) is 12.8 Å². The molecule has 0 amide bonds. The minimum Gasteiger partial charge on any atom is -0.495 e. The van der Waals surface area contributed by atoms with E-state index in [-0.39, 0.29) is 6.01 Å². The number of nitrogens with two attached hydrogens (primary N) is 1. The van der Waals surface area contributed by atoms with Crippen molar-refractivity contribution in [2.45, 2.75) is 0 Å². The zero-order valence-corrected chi connectivity index (χ0v) is 8.78. The minimum atomic E-state index is 0.138. The Morgan fingerprint density at radius 3 is 2.87 bits per heavy atom. The topological polar surface area (TPSA) is 61.3 Å². The second-order valence-electron chi connectivity index (χ2n) is 2.91. The molecule has 0 saturated heterocycles. The molecule has 1 aromatic heterocycles. The number of nitrogen functional groups attached to an aromatic ring is 1. The Balaban J connectivity index is 2.45. The molecule has 0 unspecified atom stereocenters. The van der Waals surface area contributed by atoms with E-state index in [0.29, 0.717) is 16.5 Å². The van der Waals surface area contributed by atoms with Crippen LogP contribution in [0.3, 0.4) is 0 Å². The highest BCUT2D eigenvalue weighted by Crippen LogP contribution is 2.30. The largest absolute Gasteiger partial charge is 0.495 e. The molecule has 2 N–H and O–H groups in total. The first-order valence-corrected chi connectivity index (χ1v) is 4.63. The molecule has 2 rings (SSSR count). The van der Waals surface area contributed by atoms with Crippen molar-refractivity contribution < 1.29 is 9.15 Å². The number of methoxy groups -OCH3 is 1. The summed E-state index contributed by atoms with van der Waals surface area (Å²) in [6.45, 7) is 0. The summed E-state index contributed by atoms with van der Waals surface area (Å²) < 4.78 is 10.3. The van der Waals surface area contributed by atoms with Crippen LogP contribution in [-0.4, -0.2) is 12.1 Å². The average Bonchev–Trinajstić information content (AvgIpc) is 2.66. The maximum absolute atomic E-state index is 5.89. The van der Waals surface area contributed by atoms with Crippen molar-refractivity contribution in [1.29, 1.82) is 0 Å². The lowest BCUT2D eigenvalue weighted by molar-refractivity contribution is 0.415. The molecule has 0 aliphatic rings. The van der Waals surface area contributed by atoms with Gasteiger partial charge in [0.1, 0.15) is 5.75 Å². The molecule has 1 aromatic carbocycles. The minimum absolute atomic E-state index is 0.138. The lowest BCUT2D eigenvalue weighted by Crippen LogP contribution is -1.84. The summed E-state index contributed by atoms with van der Waals surface area (Å²) in [4.78, 5) is 3.81. The van der Waals surface area contributed by atoms with Crippen LogP contribution in [0.4, 0.5) is 6.01 Å². The van der Waals surface area contributed by atoms with Gasteiger partial charge in [-0.15, -0.1) is 0 Å². The predicted molar refractivity (Wildman–Crippen MR) is 57.9 cm³/mol. The monoisotopic (exact) mass is 224 g/mol. The van der Waals surface area contributed by atoms with Crippen molar-refractivity contribution in [2.24, 2.45) is 0 Å². The van der Waals surface area contributed by atoms with E-state index in [1.165, 1.54) is 0 Å². The predicted octanol–water partition coefficient (Wildman–Crippen LogP) is 2.59. The van der Waals surface area contributed by atoms with E-state index < -0.39 is 0 Å². The first kappa shape index (κ1) is 9.86. The molecule has 0 spiro atoms. The number of rotatable bonds is 2. The Bertz CT molecular complexity index is 482. The fourth-order valence-corrected chi connectivity index (χ4v) is 1.43. The Kier molecular flexibility index (Phi) is 2.51. The molecule has 0 atom stereocenters. The molecule has 0 fully saturated rings. The summed E-state index contributed by atoms with van der Waals surface area (Å²) in [5, 5.41) is 0.550. The normalized spacial score (nSPS) is 10.3. The van der Waals surface area contributed by atoms with E-state index in [0.717, 1.165) is 5.56 Å². The van der Waals surface area contributed by atoms with Crippen molar-refractivity contribution in [3.05, 3.63) is 29.4 Å². The van der Waals surface area contributed by atoms with Gasteiger partial charge in [-0.1, -0.05) is 11.6 Å². The molecule has 0 saturated carbocycles. The van der Waals surface area contributed by atoms with Crippen LogP contribution < -0.4 is 10.5 Å². The smallest absolute Gasteiger partial charge is 0.292 e. The molecule has 1 heterocycles. The molecule has 0 bridgehead atoms. The number of aromatic nitrogens is 1. The number of ether oxygens (including phenoxy) is 1. The first-order chi connectivity index (χ1) is 7.20. The molecule has 0 radical (unpaired) electrons. The fraction of sp³-hybridized carbons (Fsp3) is 0.100. The van der Waals surface area contributed by atoms with Gasteiger partial charge in [-0.25, -0.2) is 4.98 Å². The Labute approximate surface area is 91.6 Å². The van der Waals surface area contributed by atoms with Crippen molar-refractivity contribution in [3.8, 4) is 17.1 Å². The van der Waals surface area contributed by atoms with Gasteiger partial charge in [-0.3, -0.25) is 0 Å². The van der Waals surface area contributed by atoms with Gasteiger partial charge in [0.25, 0.3) is 6.01 Å². The molecule has 0 aliphatic carbocycles. The molecule has 15 heavy (non-hydrogen) atoms. The van der Waals surface area contributed by atoms with Crippen molar-refractivity contribution >= 4 is 17.6 Å². The van der Waals surface area contributed by atoms with E-state index in [2.05, 4.69) is 4.98 Å². The summed E-state index contributed by atoms with van der Waals surface area (Å²) >= 11 is 5.89. The van der Waals surface area contributed by atoms with Crippen LogP contribution in [0.1, 0.15) is 0 Å². The van der Waals surface area contributed by atoms with Gasteiger partial charge < -0.3 is 14.9 Å². The van der Waals surface area contributed by atoms with Crippen molar-refractivity contribution in [3.63, 3.8) is 0 Å². The molecular formula is C10H9ClN2O2. The van der Waals surface area contributed by atoms with E-state index in [1.807, 2.05) is 6.07 Å². The summed E-state index contributed by atoms with van der Waals surface area (Å²) in [5.41, 5.74) is 6.20. The zero-order chi connectivity index (χ0) is 10.8. The van der Waals surface area contributed by atoms with E-state index in [9.17, 15) is 0 Å². The number of benzene rings is 1. The highest BCUT2D eigenvalue weighted by Gasteiger charge is 2.07. The SMILES string of the molecule is COc1cc(-c2cnc(N)o2)ccc1Cl. The summed E-state index contributed by atoms with van der Waals surface area (Å²) in [6, 6.07) is 5.44. The standard InChI is InChI=1S/C10H9ClN2O2/c1-14-8-4-6(2-3-7(8)11)9-5-13-10(12)15-9/h2-5H,1H3,(H2,12,13). The number of hydrogen-bond donors (Lipinski definition) is 1. The lowest BCUT2D eigenvalue weighted by Gasteiger charge is -2.03. The van der Waals surface area contributed by atoms with Crippen LogP contribution in [-0.2, 0) is 0 Å². The quantitative estimate of drug-likeness (QED) is 0.852. The molecule has 78 valence electrons. The van der Waals surface area contributed by atoms with Gasteiger partial charge in [0, 0.05) is 5.56 Å². The second-order valence-corrected chi connectivity index (χ2v) is 3.32. The number of anilines is 1. The molecule has 0 aliphatic heterocycles. The third-order valence-corrected chi connectivity index (χ3v) is 2.27. The third kappa shape index (κ3) is 1.89. The number of halogens is 1. The van der Waals surface area contributed by atoms with Crippen LogP contribution in [0.25, 0.3) is 11.3 Å². The van der Waals surface area contributed by atoms with Crippen LogP contribution in [0.15, 0.2) is 28.8 Å². The maximum Gasteiger partial charge on any atom is 0.292 e. The van der Waals surface area contributed by atoms with Gasteiger partial charge in [0.15, 0.2) is 5.76 Å². The van der Waals surface area contributed by atoms with Crippen LogP contribution in [0.2, 0.25) is 5.02 Å². The average molecular weight is 225 g/mol. The highest BCUT2D eigenvalue weighted by atomic mass is 35.5. The number of hydrogen-bond acceptors (Lipinski definition) is 4. The van der Waals surface area contributed by atoms with E-state index in [4.69, 9.17) is 26.5 Å². The van der Waals surface area contributed by atoms with Crippen LogP contribution >= 0.6 is 11.6 Å². The third-order valence-electron chi connectivity index (χ3n) is 1.96. The van der Waals surface area contributed by atoms with E-state index >= 15 is 0 Å². The summed E-state index contributed by atoms with van der Waals surface area (Å²) in [5.74, 6) is 1.17. The molecule has 2 aromatic rings. The van der Waals surface area contributed by atoms with Gasteiger partial charge in [-0.2, -0.15) is 0 Å². The lowest BCUT2D eigenvalue weighted by atomic mass is 10.2. The first-order valence-electron chi connectivity index (χ1n) is 4.26. The van der Waals surface area contributed by atoms with E-state index in [1.54, 1.807) is 25.4 Å². The van der Waals surface area contributed by atoms with Crippen LogP contribution in [0.5, 0.6) is 5.75 Å². The number of nitrogens with zero attached hydrogens (tertiary/aromatic N) is 1. The zero-order valence-electron chi connectivity index (χ0n) is 8.03. The maximum atomic E-state index is 5.89.